The molecule has 2 rings (SSSR count). The Labute approximate surface area is 143 Å². The molecule has 1 aromatic carbocycles. The van der Waals surface area contributed by atoms with Crippen LogP contribution in [0.3, 0.4) is 0 Å². The Kier molecular flexibility index (Phi) is 6.11. The van der Waals surface area contributed by atoms with Crippen LogP contribution in [0, 0.1) is 17.6 Å². The molecular formula is C17H26F2N2O2Si. The second kappa shape index (κ2) is 7.71. The van der Waals surface area contributed by atoms with E-state index >= 15 is 0 Å². The standard InChI is InChI=1S/C17H26F2N2O2Si/c1-20-15(11-5-7-23-8-6-11)17(22)21-12-9-13(18)16(14(19)10-12)24(2,3)4/h9-11,15,20H,5-8H2,1-4H3,(H,21,22). The number of benzene rings is 1. The minimum atomic E-state index is -2.13. The number of amides is 1. The second-order valence-electron chi connectivity index (χ2n) is 7.27. The highest BCUT2D eigenvalue weighted by Crippen LogP contribution is 2.21. The average Bonchev–Trinajstić information content (AvgIpc) is 2.46. The summed E-state index contributed by atoms with van der Waals surface area (Å²) >= 11 is 0. The molecule has 0 bridgehead atoms. The number of rotatable bonds is 5. The highest BCUT2D eigenvalue weighted by atomic mass is 28.3. The van der Waals surface area contributed by atoms with Crippen molar-refractivity contribution in [3.05, 3.63) is 23.8 Å². The molecule has 134 valence electrons. The summed E-state index contributed by atoms with van der Waals surface area (Å²) in [6, 6.07) is 2.02. The fraction of sp³-hybridized carbons (Fsp3) is 0.588. The number of likely N-dealkylation sites (N-methyl/N-ethyl adjacent to an activating group) is 1. The van der Waals surface area contributed by atoms with Crippen LogP contribution in [0.5, 0.6) is 0 Å². The van der Waals surface area contributed by atoms with Crippen LogP contribution in [0.1, 0.15) is 12.8 Å². The van der Waals surface area contributed by atoms with Crippen LogP contribution in [0.2, 0.25) is 19.6 Å². The van der Waals surface area contributed by atoms with Gasteiger partial charge in [0.2, 0.25) is 5.91 Å². The normalized spacial score (nSPS) is 17.6. The molecule has 1 atom stereocenters. The Balaban J connectivity index is 2.16. The van der Waals surface area contributed by atoms with Crippen LogP contribution < -0.4 is 15.8 Å². The molecular weight excluding hydrogens is 330 g/mol. The van der Waals surface area contributed by atoms with Gasteiger partial charge in [0, 0.05) is 24.1 Å². The molecule has 1 saturated heterocycles. The topological polar surface area (TPSA) is 50.4 Å². The molecule has 4 nitrogen and oxygen atoms in total. The number of anilines is 1. The number of ether oxygens (including phenoxy) is 1. The lowest BCUT2D eigenvalue weighted by Gasteiger charge is -2.29. The van der Waals surface area contributed by atoms with Crippen molar-refractivity contribution in [2.45, 2.75) is 38.5 Å². The lowest BCUT2D eigenvalue weighted by atomic mass is 9.91. The number of halogens is 2. The Morgan fingerprint density at radius 3 is 2.21 bits per heavy atom. The molecule has 0 aromatic heterocycles. The molecule has 1 fully saturated rings. The first kappa shape index (κ1) is 19.0. The summed E-state index contributed by atoms with van der Waals surface area (Å²) in [4.78, 5) is 12.5. The van der Waals surface area contributed by atoms with Gasteiger partial charge in [0.15, 0.2) is 0 Å². The fourth-order valence-electron chi connectivity index (χ4n) is 3.21. The molecule has 1 aromatic rings. The Bertz CT molecular complexity index is 576. The Morgan fingerprint density at radius 2 is 1.75 bits per heavy atom. The van der Waals surface area contributed by atoms with Crippen LogP contribution in [0.4, 0.5) is 14.5 Å². The second-order valence-corrected chi connectivity index (χ2v) is 12.3. The van der Waals surface area contributed by atoms with E-state index in [9.17, 15) is 13.6 Å². The molecule has 24 heavy (non-hydrogen) atoms. The van der Waals surface area contributed by atoms with Crippen molar-refractivity contribution in [1.29, 1.82) is 0 Å². The molecule has 1 aliphatic heterocycles. The zero-order valence-corrected chi connectivity index (χ0v) is 15.7. The van der Waals surface area contributed by atoms with Crippen molar-refractivity contribution in [2.75, 3.05) is 25.6 Å². The number of hydrogen-bond acceptors (Lipinski definition) is 3. The van der Waals surface area contributed by atoms with Crippen molar-refractivity contribution < 1.29 is 18.3 Å². The molecule has 0 spiro atoms. The number of hydrogen-bond donors (Lipinski definition) is 2. The van der Waals surface area contributed by atoms with Crippen LogP contribution in [-0.4, -0.2) is 40.3 Å². The third-order valence-corrected chi connectivity index (χ3v) is 6.37. The predicted molar refractivity (Wildman–Crippen MR) is 94.4 cm³/mol. The molecule has 7 heteroatoms. The first-order valence-corrected chi connectivity index (χ1v) is 11.8. The van der Waals surface area contributed by atoms with Crippen LogP contribution in [-0.2, 0) is 9.53 Å². The largest absolute Gasteiger partial charge is 0.381 e. The molecule has 0 saturated carbocycles. The maximum atomic E-state index is 14.3. The van der Waals surface area contributed by atoms with E-state index in [1.807, 2.05) is 19.6 Å². The molecule has 2 N–H and O–H groups in total. The van der Waals surface area contributed by atoms with Crippen LogP contribution in [0.25, 0.3) is 0 Å². The molecule has 0 radical (unpaired) electrons. The van der Waals surface area contributed by atoms with E-state index in [2.05, 4.69) is 10.6 Å². The van der Waals surface area contributed by atoms with Gasteiger partial charge in [-0.2, -0.15) is 0 Å². The number of carbonyl (C=O) groups excluding carboxylic acids is 1. The van der Waals surface area contributed by atoms with Crippen LogP contribution >= 0.6 is 0 Å². The summed E-state index contributed by atoms with van der Waals surface area (Å²) in [7, 11) is -0.412. The van der Waals surface area contributed by atoms with E-state index in [1.165, 1.54) is 12.1 Å². The van der Waals surface area contributed by atoms with E-state index in [0.29, 0.717) is 13.2 Å². The maximum absolute atomic E-state index is 14.3. The molecule has 1 heterocycles. The molecule has 0 aliphatic carbocycles. The van der Waals surface area contributed by atoms with Crippen molar-refractivity contribution in [3.8, 4) is 0 Å². The van der Waals surface area contributed by atoms with E-state index in [-0.39, 0.29) is 22.7 Å². The molecule has 1 aliphatic rings. The smallest absolute Gasteiger partial charge is 0.241 e. The fourth-order valence-corrected chi connectivity index (χ4v) is 4.79. The van der Waals surface area contributed by atoms with Gasteiger partial charge >= 0.3 is 0 Å². The quantitative estimate of drug-likeness (QED) is 0.797. The third-order valence-electron chi connectivity index (χ3n) is 4.39. The summed E-state index contributed by atoms with van der Waals surface area (Å²) in [6.45, 7) is 6.91. The van der Waals surface area contributed by atoms with Gasteiger partial charge in [0.05, 0.1) is 14.1 Å². The van der Waals surface area contributed by atoms with E-state index in [4.69, 9.17) is 4.74 Å². The van der Waals surface area contributed by atoms with Crippen molar-refractivity contribution >= 4 is 24.9 Å². The first-order chi connectivity index (χ1) is 11.2. The van der Waals surface area contributed by atoms with Crippen molar-refractivity contribution in [2.24, 2.45) is 5.92 Å². The monoisotopic (exact) mass is 356 g/mol. The van der Waals surface area contributed by atoms with E-state index in [1.54, 1.807) is 7.05 Å². The lowest BCUT2D eigenvalue weighted by molar-refractivity contribution is -0.120. The third kappa shape index (κ3) is 4.40. The Hall–Kier alpha value is -1.31. The van der Waals surface area contributed by atoms with E-state index < -0.39 is 25.8 Å². The average molecular weight is 356 g/mol. The first-order valence-electron chi connectivity index (χ1n) is 8.29. The number of nitrogens with one attached hydrogen (secondary N) is 2. The summed E-state index contributed by atoms with van der Waals surface area (Å²) in [5, 5.41) is 5.81. The molecule has 1 amide bonds. The maximum Gasteiger partial charge on any atom is 0.241 e. The SMILES string of the molecule is CNC(C(=O)Nc1cc(F)c([Si](C)(C)C)c(F)c1)C1CCOCC1. The minimum absolute atomic E-state index is 0.152. The minimum Gasteiger partial charge on any atom is -0.381 e. The Morgan fingerprint density at radius 1 is 1.21 bits per heavy atom. The van der Waals surface area contributed by atoms with Gasteiger partial charge < -0.3 is 15.4 Å². The van der Waals surface area contributed by atoms with Crippen molar-refractivity contribution in [1.82, 2.24) is 5.32 Å². The van der Waals surface area contributed by atoms with Gasteiger partial charge in [-0.15, -0.1) is 0 Å². The van der Waals surface area contributed by atoms with Gasteiger partial charge in [0.25, 0.3) is 0 Å². The lowest BCUT2D eigenvalue weighted by Crippen LogP contribution is -2.46. The summed E-state index contributed by atoms with van der Waals surface area (Å²) in [6.07, 6.45) is 1.58. The highest BCUT2D eigenvalue weighted by Gasteiger charge is 2.30. The van der Waals surface area contributed by atoms with E-state index in [0.717, 1.165) is 12.8 Å². The zero-order chi connectivity index (χ0) is 17.9. The highest BCUT2D eigenvalue weighted by molar-refractivity contribution is 6.88. The van der Waals surface area contributed by atoms with Gasteiger partial charge in [-0.25, -0.2) is 8.78 Å². The zero-order valence-electron chi connectivity index (χ0n) is 14.7. The van der Waals surface area contributed by atoms with Gasteiger partial charge in [-0.05, 0) is 37.9 Å². The van der Waals surface area contributed by atoms with Crippen molar-refractivity contribution in [3.63, 3.8) is 0 Å². The van der Waals surface area contributed by atoms with Gasteiger partial charge in [-0.1, -0.05) is 19.6 Å². The van der Waals surface area contributed by atoms with Gasteiger partial charge in [-0.3, -0.25) is 4.79 Å². The van der Waals surface area contributed by atoms with Gasteiger partial charge in [0.1, 0.15) is 11.6 Å². The predicted octanol–water partition coefficient (Wildman–Crippen LogP) is 2.46. The summed E-state index contributed by atoms with van der Waals surface area (Å²) < 4.78 is 33.9. The number of carbonyl (C=O) groups is 1. The summed E-state index contributed by atoms with van der Waals surface area (Å²) in [5.74, 6) is -1.29. The molecule has 1 unspecified atom stereocenters. The summed E-state index contributed by atoms with van der Waals surface area (Å²) in [5.41, 5.74) is 0.157. The van der Waals surface area contributed by atoms with Crippen LogP contribution in [0.15, 0.2) is 12.1 Å².